The van der Waals surface area contributed by atoms with E-state index in [1.807, 2.05) is 25.3 Å². The molecule has 0 amide bonds. The summed E-state index contributed by atoms with van der Waals surface area (Å²) in [6.07, 6.45) is 5.82. The van der Waals surface area contributed by atoms with Crippen molar-refractivity contribution in [1.82, 2.24) is 8.87 Å². The van der Waals surface area contributed by atoms with E-state index in [0.717, 1.165) is 31.4 Å². The summed E-state index contributed by atoms with van der Waals surface area (Å²) in [5.74, 6) is 0.323. The molecule has 4 nitrogen and oxygen atoms in total. The van der Waals surface area contributed by atoms with Crippen LogP contribution in [0.4, 0.5) is 0 Å². The fourth-order valence-corrected chi connectivity index (χ4v) is 4.93. The molecule has 1 atom stereocenters. The average molecular weight is 333 g/mol. The van der Waals surface area contributed by atoms with Crippen molar-refractivity contribution in [1.29, 1.82) is 0 Å². The van der Waals surface area contributed by atoms with Crippen molar-refractivity contribution in [3.05, 3.63) is 18.0 Å². The molecule has 1 unspecified atom stereocenters. The van der Waals surface area contributed by atoms with Crippen molar-refractivity contribution in [2.24, 2.45) is 0 Å². The molecule has 1 aromatic heterocycles. The molecule has 1 aromatic rings. The third-order valence-corrected chi connectivity index (χ3v) is 6.45. The maximum atomic E-state index is 12.9. The molecule has 2 heterocycles. The van der Waals surface area contributed by atoms with Crippen LogP contribution in [-0.2, 0) is 15.9 Å². The van der Waals surface area contributed by atoms with Gasteiger partial charge in [-0.05, 0) is 39.7 Å². The first-order valence-corrected chi connectivity index (χ1v) is 9.64. The summed E-state index contributed by atoms with van der Waals surface area (Å²) in [7, 11) is -3.43. The van der Waals surface area contributed by atoms with Crippen LogP contribution in [0.3, 0.4) is 0 Å². The van der Waals surface area contributed by atoms with Gasteiger partial charge in [0.1, 0.15) is 4.90 Å². The zero-order valence-electron chi connectivity index (χ0n) is 13.0. The highest BCUT2D eigenvalue weighted by Crippen LogP contribution is 2.27. The number of alkyl halides is 1. The number of hydrogen-bond donors (Lipinski definition) is 0. The van der Waals surface area contributed by atoms with Gasteiger partial charge in [-0.25, -0.2) is 8.42 Å². The van der Waals surface area contributed by atoms with Crippen LogP contribution >= 0.6 is 11.6 Å². The van der Waals surface area contributed by atoms with Gasteiger partial charge >= 0.3 is 0 Å². The summed E-state index contributed by atoms with van der Waals surface area (Å²) in [6, 6.07) is 1.99. The average Bonchev–Trinajstić information content (AvgIpc) is 2.76. The smallest absolute Gasteiger partial charge is 0.244 e. The first-order valence-electron chi connectivity index (χ1n) is 7.66. The maximum absolute atomic E-state index is 12.9. The fourth-order valence-electron chi connectivity index (χ4n) is 2.97. The lowest BCUT2D eigenvalue weighted by Gasteiger charge is -2.25. The summed E-state index contributed by atoms with van der Waals surface area (Å²) in [4.78, 5) is 0.376. The van der Waals surface area contributed by atoms with Crippen molar-refractivity contribution in [2.45, 2.75) is 69.3 Å². The second-order valence-electron chi connectivity index (χ2n) is 6.12. The number of rotatable bonds is 4. The van der Waals surface area contributed by atoms with Crippen molar-refractivity contribution in [3.63, 3.8) is 0 Å². The van der Waals surface area contributed by atoms with Gasteiger partial charge in [0, 0.05) is 30.5 Å². The van der Waals surface area contributed by atoms with Crippen molar-refractivity contribution < 1.29 is 8.42 Å². The molecule has 1 aliphatic rings. The Balaban J connectivity index is 2.38. The molecule has 1 aliphatic heterocycles. The van der Waals surface area contributed by atoms with Gasteiger partial charge in [0.05, 0.1) is 5.88 Å². The molecule has 120 valence electrons. The second-order valence-corrected chi connectivity index (χ2v) is 8.27. The van der Waals surface area contributed by atoms with E-state index in [-0.39, 0.29) is 12.1 Å². The lowest BCUT2D eigenvalue weighted by molar-refractivity contribution is 0.342. The molecular weight excluding hydrogens is 308 g/mol. The van der Waals surface area contributed by atoms with Gasteiger partial charge in [0.25, 0.3) is 0 Å². The van der Waals surface area contributed by atoms with E-state index in [9.17, 15) is 8.42 Å². The van der Waals surface area contributed by atoms with E-state index < -0.39 is 10.0 Å². The first kappa shape index (κ1) is 16.8. The van der Waals surface area contributed by atoms with Crippen molar-refractivity contribution in [3.8, 4) is 0 Å². The Bertz CT molecular complexity index is 580. The number of aromatic nitrogens is 1. The van der Waals surface area contributed by atoms with Gasteiger partial charge in [-0.2, -0.15) is 4.31 Å². The molecule has 0 bridgehead atoms. The Kier molecular flexibility index (Phi) is 5.38. The summed E-state index contributed by atoms with van der Waals surface area (Å²) in [5, 5.41) is 0. The monoisotopic (exact) mass is 332 g/mol. The minimum Gasteiger partial charge on any atom is -0.346 e. The zero-order chi connectivity index (χ0) is 15.6. The molecule has 0 N–H and O–H groups in total. The van der Waals surface area contributed by atoms with Gasteiger partial charge in [-0.15, -0.1) is 11.6 Å². The molecule has 21 heavy (non-hydrogen) atoms. The number of sulfonamides is 1. The van der Waals surface area contributed by atoms with Crippen LogP contribution in [0.2, 0.25) is 0 Å². The first-order chi connectivity index (χ1) is 9.87. The van der Waals surface area contributed by atoms with Crippen LogP contribution in [0, 0.1) is 0 Å². The molecule has 0 radical (unpaired) electrons. The zero-order valence-corrected chi connectivity index (χ0v) is 14.6. The van der Waals surface area contributed by atoms with E-state index >= 15 is 0 Å². The fraction of sp³-hybridized carbons (Fsp3) is 0.733. The SMILES string of the molecule is CC1CCCCCN1S(=O)(=O)c1cc(CCl)n(C(C)C)c1. The molecular formula is C15H25ClN2O2S. The van der Waals surface area contributed by atoms with Crippen LogP contribution in [0.25, 0.3) is 0 Å². The van der Waals surface area contributed by atoms with Gasteiger partial charge in [0.2, 0.25) is 10.0 Å². The van der Waals surface area contributed by atoms with Gasteiger partial charge in [-0.1, -0.05) is 12.8 Å². The number of nitrogens with zero attached hydrogens (tertiary/aromatic N) is 2. The van der Waals surface area contributed by atoms with E-state index in [2.05, 4.69) is 0 Å². The van der Waals surface area contributed by atoms with E-state index in [4.69, 9.17) is 11.6 Å². The van der Waals surface area contributed by atoms with E-state index in [0.29, 0.717) is 17.3 Å². The highest BCUT2D eigenvalue weighted by atomic mass is 35.5. The Labute approximate surface area is 133 Å². The second kappa shape index (κ2) is 6.71. The number of hydrogen-bond acceptors (Lipinski definition) is 2. The van der Waals surface area contributed by atoms with E-state index in [1.165, 1.54) is 0 Å². The molecule has 1 fully saturated rings. The summed E-state index contributed by atoms with van der Waals surface area (Å²) in [5.41, 5.74) is 0.854. The van der Waals surface area contributed by atoms with Gasteiger partial charge < -0.3 is 4.57 Å². The molecule has 2 rings (SSSR count). The Morgan fingerprint density at radius 2 is 2.05 bits per heavy atom. The topological polar surface area (TPSA) is 42.3 Å². The van der Waals surface area contributed by atoms with Crippen LogP contribution in [-0.4, -0.2) is 29.9 Å². The minimum atomic E-state index is -3.43. The molecule has 1 saturated heterocycles. The Morgan fingerprint density at radius 1 is 1.33 bits per heavy atom. The number of halogens is 1. The maximum Gasteiger partial charge on any atom is 0.244 e. The van der Waals surface area contributed by atoms with Crippen LogP contribution in [0.1, 0.15) is 58.2 Å². The van der Waals surface area contributed by atoms with Crippen molar-refractivity contribution >= 4 is 21.6 Å². The summed E-state index contributed by atoms with van der Waals surface area (Å²) >= 11 is 5.95. The minimum absolute atomic E-state index is 0.0688. The highest BCUT2D eigenvalue weighted by molar-refractivity contribution is 7.89. The lowest BCUT2D eigenvalue weighted by atomic mass is 10.1. The third kappa shape index (κ3) is 3.46. The predicted octanol–water partition coefficient (Wildman–Crippen LogP) is 3.76. The Morgan fingerprint density at radius 3 is 2.62 bits per heavy atom. The predicted molar refractivity (Wildman–Crippen MR) is 86.2 cm³/mol. The van der Waals surface area contributed by atoms with Crippen LogP contribution in [0.5, 0.6) is 0 Å². The molecule has 0 saturated carbocycles. The summed E-state index contributed by atoms with van der Waals surface area (Å²) < 4.78 is 29.5. The largest absolute Gasteiger partial charge is 0.346 e. The van der Waals surface area contributed by atoms with Crippen LogP contribution < -0.4 is 0 Å². The van der Waals surface area contributed by atoms with Gasteiger partial charge in [-0.3, -0.25) is 0 Å². The van der Waals surface area contributed by atoms with E-state index in [1.54, 1.807) is 16.6 Å². The lowest BCUT2D eigenvalue weighted by Crippen LogP contribution is -2.38. The van der Waals surface area contributed by atoms with Gasteiger partial charge in [0.15, 0.2) is 0 Å². The molecule has 6 heteroatoms. The molecule has 0 spiro atoms. The molecule has 0 aromatic carbocycles. The normalized spacial score (nSPS) is 21.7. The van der Waals surface area contributed by atoms with Crippen molar-refractivity contribution in [2.75, 3.05) is 6.54 Å². The summed E-state index contributed by atoms with van der Waals surface area (Å²) in [6.45, 7) is 6.68. The Hall–Kier alpha value is -0.520. The van der Waals surface area contributed by atoms with Crippen LogP contribution in [0.15, 0.2) is 17.2 Å². The standard InChI is InChI=1S/C15H25ClN2O2S/c1-12(2)17-11-15(9-14(17)10-16)21(19,20)18-8-6-4-5-7-13(18)3/h9,11-13H,4-8,10H2,1-3H3. The molecule has 0 aliphatic carbocycles. The highest BCUT2D eigenvalue weighted by Gasteiger charge is 2.31. The quantitative estimate of drug-likeness (QED) is 0.788. The third-order valence-electron chi connectivity index (χ3n) is 4.20.